The first-order valence-electron chi connectivity index (χ1n) is 4.53. The zero-order valence-corrected chi connectivity index (χ0v) is 9.79. The second-order valence-electron chi connectivity index (χ2n) is 2.85. The van der Waals surface area contributed by atoms with Gasteiger partial charge in [-0.25, -0.2) is 0 Å². The van der Waals surface area contributed by atoms with Crippen molar-refractivity contribution < 1.29 is 4.79 Å². The van der Waals surface area contributed by atoms with E-state index in [9.17, 15) is 4.79 Å². The van der Waals surface area contributed by atoms with Crippen molar-refractivity contribution in [2.75, 3.05) is 6.54 Å². The molecule has 0 unspecified atom stereocenters. The highest BCUT2D eigenvalue weighted by molar-refractivity contribution is 6.37. The van der Waals surface area contributed by atoms with Gasteiger partial charge < -0.3 is 0 Å². The summed E-state index contributed by atoms with van der Waals surface area (Å²) in [7, 11) is 0. The number of rotatable bonds is 3. The van der Waals surface area contributed by atoms with Crippen LogP contribution < -0.4 is 0 Å². The third kappa shape index (κ3) is 2.98. The number of hydrogen-bond acceptors (Lipinski definition) is 1. The maximum Gasteiger partial charge on any atom is 0.258 e. The molecule has 0 radical (unpaired) electrons. The molecule has 0 heterocycles. The van der Waals surface area contributed by atoms with E-state index in [-0.39, 0.29) is 11.1 Å². The molecule has 1 aromatic carbocycles. The summed E-state index contributed by atoms with van der Waals surface area (Å²) in [6.07, 6.45) is 0. The van der Waals surface area contributed by atoms with Crippen LogP contribution in [0.3, 0.4) is 0 Å². The van der Waals surface area contributed by atoms with Crippen molar-refractivity contribution in [2.45, 2.75) is 6.92 Å². The molecule has 0 aromatic heterocycles. The fourth-order valence-electron chi connectivity index (χ4n) is 1.19. The van der Waals surface area contributed by atoms with Gasteiger partial charge >= 0.3 is 0 Å². The third-order valence-corrected chi connectivity index (χ3v) is 2.56. The molecular formula is C11H11Cl2NO. The number of carbonyl (C=O) groups excluding carboxylic acids is 1. The summed E-state index contributed by atoms with van der Waals surface area (Å²) in [6.45, 7) is 2.32. The monoisotopic (exact) mass is 243 g/mol. The van der Waals surface area contributed by atoms with E-state index in [4.69, 9.17) is 23.2 Å². The van der Waals surface area contributed by atoms with Gasteiger partial charge in [0, 0.05) is 17.6 Å². The number of benzene rings is 1. The molecule has 2 nitrogen and oxygen atoms in total. The van der Waals surface area contributed by atoms with Gasteiger partial charge in [-0.3, -0.25) is 9.69 Å². The third-order valence-electron chi connectivity index (χ3n) is 1.93. The lowest BCUT2D eigenvalue weighted by Gasteiger charge is -2.19. The average Bonchev–Trinajstić information content (AvgIpc) is 2.30. The van der Waals surface area contributed by atoms with Gasteiger partial charge in [-0.05, 0) is 19.1 Å². The first kappa shape index (κ1) is 12.1. The fourth-order valence-corrected chi connectivity index (χ4v) is 1.50. The van der Waals surface area contributed by atoms with E-state index in [0.29, 0.717) is 12.1 Å². The minimum atomic E-state index is -0.153. The molecule has 0 atom stereocenters. The van der Waals surface area contributed by atoms with Crippen molar-refractivity contribution in [1.82, 2.24) is 4.90 Å². The van der Waals surface area contributed by atoms with Crippen molar-refractivity contribution in [3.8, 4) is 0 Å². The van der Waals surface area contributed by atoms with Crippen molar-refractivity contribution in [3.63, 3.8) is 0 Å². The average molecular weight is 244 g/mol. The van der Waals surface area contributed by atoms with Gasteiger partial charge in [0.25, 0.3) is 5.91 Å². The van der Waals surface area contributed by atoms with E-state index < -0.39 is 0 Å². The Labute approximate surface area is 99.1 Å². The SMILES string of the molecule is CCN(C(=O)c1ccccc1)/C(Cl)=C\Cl. The van der Waals surface area contributed by atoms with E-state index in [2.05, 4.69) is 0 Å². The molecule has 1 amide bonds. The van der Waals surface area contributed by atoms with Crippen molar-refractivity contribution in [1.29, 1.82) is 0 Å². The van der Waals surface area contributed by atoms with Gasteiger partial charge in [-0.1, -0.05) is 41.4 Å². The minimum absolute atomic E-state index is 0.153. The predicted octanol–water partition coefficient (Wildman–Crippen LogP) is 3.43. The molecule has 80 valence electrons. The van der Waals surface area contributed by atoms with Crippen molar-refractivity contribution >= 4 is 29.1 Å². The van der Waals surface area contributed by atoms with Crippen LogP contribution in [0.2, 0.25) is 0 Å². The molecule has 0 bridgehead atoms. The number of halogens is 2. The van der Waals surface area contributed by atoms with Crippen LogP contribution in [0, 0.1) is 0 Å². The van der Waals surface area contributed by atoms with Gasteiger partial charge in [-0.15, -0.1) is 0 Å². The maximum absolute atomic E-state index is 11.9. The van der Waals surface area contributed by atoms with Crippen LogP contribution in [0.1, 0.15) is 17.3 Å². The Bertz CT molecular complexity index is 362. The summed E-state index contributed by atoms with van der Waals surface area (Å²) >= 11 is 11.3. The largest absolute Gasteiger partial charge is 0.298 e. The van der Waals surface area contributed by atoms with Crippen LogP contribution in [0.4, 0.5) is 0 Å². The Morgan fingerprint density at radius 3 is 2.47 bits per heavy atom. The van der Waals surface area contributed by atoms with E-state index in [1.54, 1.807) is 24.3 Å². The van der Waals surface area contributed by atoms with E-state index in [0.717, 1.165) is 0 Å². The highest BCUT2D eigenvalue weighted by atomic mass is 35.5. The second-order valence-corrected chi connectivity index (χ2v) is 3.45. The molecule has 1 rings (SSSR count). The molecule has 0 saturated heterocycles. The lowest BCUT2D eigenvalue weighted by molar-refractivity contribution is 0.0823. The lowest BCUT2D eigenvalue weighted by Crippen LogP contribution is -2.28. The predicted molar refractivity (Wildman–Crippen MR) is 62.9 cm³/mol. The molecule has 4 heteroatoms. The van der Waals surface area contributed by atoms with Crippen LogP contribution in [0.15, 0.2) is 41.0 Å². The maximum atomic E-state index is 11.9. The zero-order chi connectivity index (χ0) is 11.3. The van der Waals surface area contributed by atoms with E-state index in [1.165, 1.54) is 10.4 Å². The van der Waals surface area contributed by atoms with Gasteiger partial charge in [-0.2, -0.15) is 0 Å². The summed E-state index contributed by atoms with van der Waals surface area (Å²) in [5, 5.41) is 0.230. The Morgan fingerprint density at radius 2 is 2.00 bits per heavy atom. The lowest BCUT2D eigenvalue weighted by atomic mass is 10.2. The highest BCUT2D eigenvalue weighted by Gasteiger charge is 2.15. The van der Waals surface area contributed by atoms with Gasteiger partial charge in [0.05, 0.1) is 0 Å². The number of amides is 1. The number of nitrogens with zero attached hydrogens (tertiary/aromatic N) is 1. The molecule has 0 aliphatic rings. The molecule has 0 spiro atoms. The molecule has 0 fully saturated rings. The Hall–Kier alpha value is -0.990. The summed E-state index contributed by atoms with van der Waals surface area (Å²) in [4.78, 5) is 13.3. The summed E-state index contributed by atoms with van der Waals surface area (Å²) in [5.41, 5.74) is 1.78. The molecule has 0 aliphatic heterocycles. The van der Waals surface area contributed by atoms with Crippen LogP contribution in [0.5, 0.6) is 0 Å². The summed E-state index contributed by atoms with van der Waals surface area (Å²) in [6, 6.07) is 8.94. The first-order chi connectivity index (χ1) is 7.20. The van der Waals surface area contributed by atoms with Crippen LogP contribution in [-0.2, 0) is 0 Å². The Morgan fingerprint density at radius 1 is 1.40 bits per heavy atom. The van der Waals surface area contributed by atoms with Gasteiger partial charge in [0.15, 0.2) is 0 Å². The van der Waals surface area contributed by atoms with Gasteiger partial charge in [0.1, 0.15) is 5.16 Å². The van der Waals surface area contributed by atoms with E-state index >= 15 is 0 Å². The van der Waals surface area contributed by atoms with Crippen LogP contribution in [-0.4, -0.2) is 17.4 Å². The molecule has 0 aliphatic carbocycles. The standard InChI is InChI=1S/C11H11Cl2NO/c1-2-14(10(13)8-12)11(15)9-6-4-3-5-7-9/h3-8H,2H2,1H3/b10-8-. The summed E-state index contributed by atoms with van der Waals surface area (Å²) < 4.78 is 0. The fraction of sp³-hybridized carbons (Fsp3) is 0.182. The second kappa shape index (κ2) is 5.79. The van der Waals surface area contributed by atoms with E-state index in [1.807, 2.05) is 13.0 Å². The normalized spacial score (nSPS) is 11.3. The Balaban J connectivity index is 2.93. The molecular weight excluding hydrogens is 233 g/mol. The molecule has 0 N–H and O–H groups in total. The van der Waals surface area contributed by atoms with Crippen LogP contribution in [0.25, 0.3) is 0 Å². The Kier molecular flexibility index (Phi) is 4.66. The zero-order valence-electron chi connectivity index (χ0n) is 8.28. The van der Waals surface area contributed by atoms with Crippen molar-refractivity contribution in [3.05, 3.63) is 46.6 Å². The molecule has 0 saturated carbocycles. The van der Waals surface area contributed by atoms with Crippen LogP contribution >= 0.6 is 23.2 Å². The molecule has 1 aromatic rings. The smallest absolute Gasteiger partial charge is 0.258 e. The minimum Gasteiger partial charge on any atom is -0.298 e. The number of hydrogen-bond donors (Lipinski definition) is 0. The first-order valence-corrected chi connectivity index (χ1v) is 5.35. The summed E-state index contributed by atoms with van der Waals surface area (Å²) in [5.74, 6) is -0.153. The van der Waals surface area contributed by atoms with Crippen molar-refractivity contribution in [2.24, 2.45) is 0 Å². The van der Waals surface area contributed by atoms with Gasteiger partial charge in [0.2, 0.25) is 0 Å². The molecule has 15 heavy (non-hydrogen) atoms. The quantitative estimate of drug-likeness (QED) is 0.746. The number of carbonyl (C=O) groups is 1. The topological polar surface area (TPSA) is 20.3 Å². The highest BCUT2D eigenvalue weighted by Crippen LogP contribution is 2.14.